The van der Waals surface area contributed by atoms with Crippen molar-refractivity contribution in [2.45, 2.75) is 37.7 Å². The third-order valence-corrected chi connectivity index (χ3v) is 5.06. The predicted molar refractivity (Wildman–Crippen MR) is 72.2 cm³/mol. The summed E-state index contributed by atoms with van der Waals surface area (Å²) in [5, 5.41) is 0. The summed E-state index contributed by atoms with van der Waals surface area (Å²) >= 11 is 0. The topological polar surface area (TPSA) is 100 Å². The van der Waals surface area contributed by atoms with E-state index in [0.29, 0.717) is 6.42 Å². The second-order valence-electron chi connectivity index (χ2n) is 5.06. The smallest absolute Gasteiger partial charge is 0.331 e. The fourth-order valence-electron chi connectivity index (χ4n) is 2.50. The Labute approximate surface area is 124 Å². The summed E-state index contributed by atoms with van der Waals surface area (Å²) in [4.78, 5) is 11.1. The quantitative estimate of drug-likeness (QED) is 0.602. The molecular formula is C12H21NO7S. The molecule has 0 aromatic heterocycles. The minimum Gasteiger partial charge on any atom is -0.467 e. The summed E-state index contributed by atoms with van der Waals surface area (Å²) in [6.45, 7) is 2.12. The lowest BCUT2D eigenvalue weighted by atomic mass is 10.1. The van der Waals surface area contributed by atoms with Crippen LogP contribution in [0.15, 0.2) is 0 Å². The van der Waals surface area contributed by atoms with E-state index in [4.69, 9.17) is 14.2 Å². The lowest BCUT2D eigenvalue weighted by Gasteiger charge is -2.17. The second kappa shape index (κ2) is 7.01. The van der Waals surface area contributed by atoms with Crippen molar-refractivity contribution < 1.29 is 32.2 Å². The van der Waals surface area contributed by atoms with Crippen molar-refractivity contribution in [2.75, 3.05) is 32.7 Å². The molecule has 0 radical (unpaired) electrons. The van der Waals surface area contributed by atoms with Gasteiger partial charge in [-0.25, -0.2) is 17.9 Å². The van der Waals surface area contributed by atoms with Crippen LogP contribution in [-0.4, -0.2) is 71.4 Å². The molecule has 0 saturated carbocycles. The van der Waals surface area contributed by atoms with Crippen molar-refractivity contribution in [3.05, 3.63) is 0 Å². The first kappa shape index (κ1) is 16.6. The van der Waals surface area contributed by atoms with Crippen molar-refractivity contribution in [1.82, 2.24) is 4.72 Å². The molecule has 8 nitrogen and oxygen atoms in total. The first-order valence-electron chi connectivity index (χ1n) is 6.88. The Morgan fingerprint density at radius 3 is 2.67 bits per heavy atom. The molecule has 0 amide bonds. The van der Waals surface area contributed by atoms with Gasteiger partial charge in [0.15, 0.2) is 0 Å². The fraction of sp³-hybridized carbons (Fsp3) is 0.917. The molecule has 2 aliphatic rings. The number of ether oxygens (including phenoxy) is 4. The van der Waals surface area contributed by atoms with E-state index in [0.717, 1.165) is 0 Å². The number of fused-ring (bicyclic) bond motifs is 1. The zero-order valence-corrected chi connectivity index (χ0v) is 12.9. The Bertz CT molecular complexity index is 466. The van der Waals surface area contributed by atoms with Gasteiger partial charge in [-0.2, -0.15) is 0 Å². The minimum absolute atomic E-state index is 0.0726. The molecular weight excluding hydrogens is 302 g/mol. The van der Waals surface area contributed by atoms with Crippen LogP contribution in [0.25, 0.3) is 0 Å². The molecule has 0 aromatic rings. The van der Waals surface area contributed by atoms with Gasteiger partial charge in [0.05, 0.1) is 32.1 Å². The number of hydrogen-bond donors (Lipinski definition) is 1. The number of sulfonamides is 1. The number of methoxy groups -OCH3 is 1. The molecule has 0 aliphatic carbocycles. The first-order valence-corrected chi connectivity index (χ1v) is 8.53. The van der Waals surface area contributed by atoms with Gasteiger partial charge < -0.3 is 18.9 Å². The molecule has 122 valence electrons. The standard InChI is InChI=1S/C12H21NO7S/c1-3-4-21(15,16)13-8-5-19-12-9(6-20-11(8)12)18-7-10(14)17-2/h8-9,11-13H,3-7H2,1-2H3/t8-,9+,11+,12+/m0/s1. The molecule has 2 aliphatic heterocycles. The van der Waals surface area contributed by atoms with Gasteiger partial charge >= 0.3 is 5.97 Å². The van der Waals surface area contributed by atoms with Crippen LogP contribution in [0.3, 0.4) is 0 Å². The summed E-state index contributed by atoms with van der Waals surface area (Å²) in [5.41, 5.74) is 0. The fourth-order valence-corrected chi connectivity index (χ4v) is 3.82. The highest BCUT2D eigenvalue weighted by Gasteiger charge is 2.49. The minimum atomic E-state index is -3.33. The van der Waals surface area contributed by atoms with Gasteiger partial charge in [0.1, 0.15) is 24.9 Å². The molecule has 1 N–H and O–H groups in total. The number of carbonyl (C=O) groups excluding carboxylic acids is 1. The maximum Gasteiger partial charge on any atom is 0.331 e. The van der Waals surface area contributed by atoms with Crippen molar-refractivity contribution in [3.8, 4) is 0 Å². The van der Waals surface area contributed by atoms with Crippen molar-refractivity contribution >= 4 is 16.0 Å². The largest absolute Gasteiger partial charge is 0.467 e. The molecule has 2 rings (SSSR count). The average Bonchev–Trinajstić information content (AvgIpc) is 2.99. The number of hydrogen-bond acceptors (Lipinski definition) is 7. The SMILES string of the molecule is CCCS(=O)(=O)N[C@H]1CO[C@H]2[C@@H]1OC[C@H]2OCC(=O)OC. The molecule has 0 bridgehead atoms. The van der Waals surface area contributed by atoms with Crippen molar-refractivity contribution in [1.29, 1.82) is 0 Å². The maximum absolute atomic E-state index is 11.8. The van der Waals surface area contributed by atoms with Crippen molar-refractivity contribution in [2.24, 2.45) is 0 Å². The highest BCUT2D eigenvalue weighted by molar-refractivity contribution is 7.89. The average molecular weight is 323 g/mol. The number of nitrogens with one attached hydrogen (secondary N) is 1. The van der Waals surface area contributed by atoms with Crippen LogP contribution in [0.4, 0.5) is 0 Å². The molecule has 0 aromatic carbocycles. The van der Waals surface area contributed by atoms with E-state index in [1.165, 1.54) is 7.11 Å². The summed E-state index contributed by atoms with van der Waals surface area (Å²) in [5.74, 6) is -0.403. The predicted octanol–water partition coefficient (Wildman–Crippen LogP) is -0.960. The Hall–Kier alpha value is -0.740. The molecule has 2 saturated heterocycles. The van der Waals surface area contributed by atoms with Crippen LogP contribution >= 0.6 is 0 Å². The number of carbonyl (C=O) groups is 1. The lowest BCUT2D eigenvalue weighted by Crippen LogP contribution is -2.45. The van der Waals surface area contributed by atoms with E-state index in [1.54, 1.807) is 6.92 Å². The van der Waals surface area contributed by atoms with Gasteiger partial charge in [-0.05, 0) is 6.42 Å². The van der Waals surface area contributed by atoms with E-state index in [2.05, 4.69) is 9.46 Å². The monoisotopic (exact) mass is 323 g/mol. The number of rotatable bonds is 7. The summed E-state index contributed by atoms with van der Waals surface area (Å²) < 4.78 is 47.2. The summed E-state index contributed by atoms with van der Waals surface area (Å²) in [7, 11) is -2.04. The van der Waals surface area contributed by atoms with E-state index < -0.39 is 28.1 Å². The van der Waals surface area contributed by atoms with Gasteiger partial charge in [-0.1, -0.05) is 6.92 Å². The molecule has 4 atom stereocenters. The summed E-state index contributed by atoms with van der Waals surface area (Å²) in [6.07, 6.45) is -0.610. The molecule has 2 fully saturated rings. The number of esters is 1. The normalized spacial score (nSPS) is 32.1. The zero-order valence-electron chi connectivity index (χ0n) is 12.1. The molecule has 21 heavy (non-hydrogen) atoms. The van der Waals surface area contributed by atoms with E-state index in [-0.39, 0.29) is 37.8 Å². The van der Waals surface area contributed by atoms with Gasteiger partial charge in [0.2, 0.25) is 10.0 Å². The summed E-state index contributed by atoms with van der Waals surface area (Å²) in [6, 6.07) is -0.418. The van der Waals surface area contributed by atoms with E-state index in [9.17, 15) is 13.2 Å². The molecule has 2 heterocycles. The molecule has 0 unspecified atom stereocenters. The zero-order chi connectivity index (χ0) is 15.5. The maximum atomic E-state index is 11.8. The molecule has 9 heteroatoms. The molecule has 0 spiro atoms. The highest BCUT2D eigenvalue weighted by atomic mass is 32.2. The van der Waals surface area contributed by atoms with Gasteiger partial charge in [0.25, 0.3) is 0 Å². The second-order valence-corrected chi connectivity index (χ2v) is 6.94. The van der Waals surface area contributed by atoms with Crippen LogP contribution < -0.4 is 4.72 Å². The Morgan fingerprint density at radius 2 is 2.00 bits per heavy atom. The van der Waals surface area contributed by atoms with Crippen LogP contribution in [0, 0.1) is 0 Å². The van der Waals surface area contributed by atoms with E-state index in [1.807, 2.05) is 0 Å². The van der Waals surface area contributed by atoms with Crippen LogP contribution in [0.2, 0.25) is 0 Å². The van der Waals surface area contributed by atoms with Crippen LogP contribution in [0.5, 0.6) is 0 Å². The van der Waals surface area contributed by atoms with Gasteiger partial charge in [-0.3, -0.25) is 0 Å². The third-order valence-electron chi connectivity index (χ3n) is 3.45. The van der Waals surface area contributed by atoms with E-state index >= 15 is 0 Å². The van der Waals surface area contributed by atoms with Crippen LogP contribution in [0.1, 0.15) is 13.3 Å². The Morgan fingerprint density at radius 1 is 1.29 bits per heavy atom. The van der Waals surface area contributed by atoms with Gasteiger partial charge in [-0.15, -0.1) is 0 Å². The first-order chi connectivity index (χ1) is 9.96. The Kier molecular flexibility index (Phi) is 5.55. The van der Waals surface area contributed by atoms with Gasteiger partial charge in [0, 0.05) is 0 Å². The third kappa shape index (κ3) is 4.13. The van der Waals surface area contributed by atoms with Crippen molar-refractivity contribution in [3.63, 3.8) is 0 Å². The lowest BCUT2D eigenvalue weighted by molar-refractivity contribution is -0.150. The Balaban J connectivity index is 1.88. The van der Waals surface area contributed by atoms with Crippen LogP contribution in [-0.2, 0) is 33.8 Å². The highest BCUT2D eigenvalue weighted by Crippen LogP contribution is 2.29.